The molecule has 20 heavy (non-hydrogen) atoms. The summed E-state index contributed by atoms with van der Waals surface area (Å²) in [6, 6.07) is 8.12. The number of hydrogen-bond acceptors (Lipinski definition) is 5. The lowest BCUT2D eigenvalue weighted by molar-refractivity contribution is -0.385. The summed E-state index contributed by atoms with van der Waals surface area (Å²) >= 11 is 0. The van der Waals surface area contributed by atoms with E-state index in [1.54, 1.807) is 37.4 Å². The van der Waals surface area contributed by atoms with Gasteiger partial charge in [-0.05, 0) is 19.1 Å². The number of aryl methyl sites for hydroxylation is 1. The van der Waals surface area contributed by atoms with E-state index in [0.717, 1.165) is 0 Å². The van der Waals surface area contributed by atoms with E-state index in [0.29, 0.717) is 27.8 Å². The quantitative estimate of drug-likeness (QED) is 0.569. The third-order valence-corrected chi connectivity index (χ3v) is 3.12. The molecule has 1 N–H and O–H groups in total. The molecule has 0 fully saturated rings. The predicted molar refractivity (Wildman–Crippen MR) is 72.5 cm³/mol. The highest BCUT2D eigenvalue weighted by atomic mass is 16.6. The maximum absolute atomic E-state index is 11.0. The Bertz CT molecular complexity index is 823. The smallest absolute Gasteiger partial charge is 0.292 e. The molecular formula is C14H10N2O4. The molecule has 0 bridgehead atoms. The number of fused-ring (bicyclic) bond motifs is 1. The van der Waals surface area contributed by atoms with E-state index in [2.05, 4.69) is 4.98 Å². The van der Waals surface area contributed by atoms with Crippen molar-refractivity contribution in [3.63, 3.8) is 0 Å². The standard InChI is InChI=1S/C14H10N2O4/c1-8-4-5-9(7-11(8)16(18)19)13-12-10(14(17)20-13)3-2-6-15-12/h2-7,17H,1H3. The highest BCUT2D eigenvalue weighted by Crippen LogP contribution is 2.37. The molecule has 6 nitrogen and oxygen atoms in total. The maximum atomic E-state index is 11.0. The van der Waals surface area contributed by atoms with Gasteiger partial charge in [-0.3, -0.25) is 15.1 Å². The van der Waals surface area contributed by atoms with Crippen LogP contribution >= 0.6 is 0 Å². The van der Waals surface area contributed by atoms with Crippen molar-refractivity contribution in [1.29, 1.82) is 0 Å². The fraction of sp³-hybridized carbons (Fsp3) is 0.0714. The minimum atomic E-state index is -0.447. The second kappa shape index (κ2) is 4.34. The van der Waals surface area contributed by atoms with E-state index < -0.39 is 4.92 Å². The van der Waals surface area contributed by atoms with Gasteiger partial charge in [-0.25, -0.2) is 0 Å². The SMILES string of the molecule is Cc1ccc(-c2oc(O)c3cccnc23)cc1[N+](=O)[O-]. The largest absolute Gasteiger partial charge is 0.480 e. The van der Waals surface area contributed by atoms with E-state index in [4.69, 9.17) is 4.42 Å². The van der Waals surface area contributed by atoms with Crippen LogP contribution in [0.1, 0.15) is 5.56 Å². The summed E-state index contributed by atoms with van der Waals surface area (Å²) in [5.41, 5.74) is 1.55. The molecule has 0 spiro atoms. The van der Waals surface area contributed by atoms with Gasteiger partial charge in [0.25, 0.3) is 11.6 Å². The van der Waals surface area contributed by atoms with Crippen LogP contribution in [0, 0.1) is 17.0 Å². The third kappa shape index (κ3) is 1.78. The number of aromatic hydroxyl groups is 1. The van der Waals surface area contributed by atoms with E-state index >= 15 is 0 Å². The summed E-state index contributed by atoms with van der Waals surface area (Å²) in [6.45, 7) is 1.66. The van der Waals surface area contributed by atoms with Crippen molar-refractivity contribution in [3.05, 3.63) is 52.2 Å². The molecule has 3 rings (SSSR count). The number of rotatable bonds is 2. The molecule has 0 amide bonds. The first kappa shape index (κ1) is 12.2. The molecule has 2 aromatic heterocycles. The van der Waals surface area contributed by atoms with Crippen LogP contribution in [0.3, 0.4) is 0 Å². The first-order chi connectivity index (χ1) is 9.58. The van der Waals surface area contributed by atoms with Crippen molar-refractivity contribution in [3.8, 4) is 17.3 Å². The molecule has 3 aromatic rings. The highest BCUT2D eigenvalue weighted by Gasteiger charge is 2.18. The molecule has 0 aliphatic heterocycles. The summed E-state index contributed by atoms with van der Waals surface area (Å²) < 4.78 is 5.30. The Hall–Kier alpha value is -2.89. The van der Waals surface area contributed by atoms with E-state index in [1.165, 1.54) is 6.07 Å². The Morgan fingerprint density at radius 2 is 2.15 bits per heavy atom. The summed E-state index contributed by atoms with van der Waals surface area (Å²) in [4.78, 5) is 14.7. The average Bonchev–Trinajstić information content (AvgIpc) is 2.77. The molecule has 0 atom stereocenters. The van der Waals surface area contributed by atoms with Gasteiger partial charge in [-0.2, -0.15) is 0 Å². The minimum Gasteiger partial charge on any atom is -0.480 e. The number of pyridine rings is 1. The molecule has 0 aliphatic carbocycles. The highest BCUT2D eigenvalue weighted by molar-refractivity contribution is 5.94. The van der Waals surface area contributed by atoms with Gasteiger partial charge in [-0.1, -0.05) is 12.1 Å². The van der Waals surface area contributed by atoms with Crippen LogP contribution in [0.25, 0.3) is 22.2 Å². The van der Waals surface area contributed by atoms with Crippen LogP contribution in [-0.4, -0.2) is 15.0 Å². The van der Waals surface area contributed by atoms with E-state index in [1.807, 2.05) is 0 Å². The predicted octanol–water partition coefficient (Wildman–Crippen LogP) is 3.42. The summed E-state index contributed by atoms with van der Waals surface area (Å²) in [6.07, 6.45) is 1.57. The van der Waals surface area contributed by atoms with Crippen LogP contribution in [-0.2, 0) is 0 Å². The van der Waals surface area contributed by atoms with Crippen LogP contribution in [0.15, 0.2) is 40.9 Å². The van der Waals surface area contributed by atoms with Gasteiger partial charge < -0.3 is 9.52 Å². The minimum absolute atomic E-state index is 0.00229. The molecule has 0 unspecified atom stereocenters. The third-order valence-electron chi connectivity index (χ3n) is 3.12. The van der Waals surface area contributed by atoms with E-state index in [9.17, 15) is 15.2 Å². The number of nitro benzene ring substituents is 1. The lowest BCUT2D eigenvalue weighted by Gasteiger charge is -2.00. The second-order valence-electron chi connectivity index (χ2n) is 4.39. The Morgan fingerprint density at radius 1 is 1.35 bits per heavy atom. The van der Waals surface area contributed by atoms with Crippen LogP contribution < -0.4 is 0 Å². The van der Waals surface area contributed by atoms with Gasteiger partial charge >= 0.3 is 0 Å². The van der Waals surface area contributed by atoms with Gasteiger partial charge in [-0.15, -0.1) is 0 Å². The Labute approximate surface area is 113 Å². The zero-order valence-corrected chi connectivity index (χ0v) is 10.5. The first-order valence-electron chi connectivity index (χ1n) is 5.90. The van der Waals surface area contributed by atoms with Gasteiger partial charge in [0, 0.05) is 23.4 Å². The first-order valence-corrected chi connectivity index (χ1v) is 5.90. The number of aromatic nitrogens is 1. The monoisotopic (exact) mass is 270 g/mol. The molecule has 2 heterocycles. The number of hydrogen-bond donors (Lipinski definition) is 1. The van der Waals surface area contributed by atoms with Crippen molar-refractivity contribution >= 4 is 16.6 Å². The molecular weight excluding hydrogens is 260 g/mol. The lowest BCUT2D eigenvalue weighted by atomic mass is 10.1. The number of nitrogens with zero attached hydrogens (tertiary/aromatic N) is 2. The van der Waals surface area contributed by atoms with Crippen molar-refractivity contribution < 1.29 is 14.4 Å². The van der Waals surface area contributed by atoms with Crippen molar-refractivity contribution in [2.24, 2.45) is 0 Å². The molecule has 100 valence electrons. The lowest BCUT2D eigenvalue weighted by Crippen LogP contribution is -1.92. The molecule has 0 aliphatic rings. The molecule has 0 saturated carbocycles. The molecule has 0 saturated heterocycles. The summed E-state index contributed by atoms with van der Waals surface area (Å²) in [7, 11) is 0. The fourth-order valence-corrected chi connectivity index (χ4v) is 2.10. The van der Waals surface area contributed by atoms with Crippen LogP contribution in [0.2, 0.25) is 0 Å². The van der Waals surface area contributed by atoms with Gasteiger partial charge in [0.15, 0.2) is 5.76 Å². The summed E-state index contributed by atoms with van der Waals surface area (Å²) in [5, 5.41) is 21.2. The molecule has 1 aromatic carbocycles. The zero-order chi connectivity index (χ0) is 14.3. The van der Waals surface area contributed by atoms with Gasteiger partial charge in [0.2, 0.25) is 0 Å². The van der Waals surface area contributed by atoms with Gasteiger partial charge in [0.05, 0.1) is 10.3 Å². The summed E-state index contributed by atoms with van der Waals surface area (Å²) in [5.74, 6) is 0.0764. The fourth-order valence-electron chi connectivity index (χ4n) is 2.10. The van der Waals surface area contributed by atoms with Gasteiger partial charge in [0.1, 0.15) is 5.52 Å². The second-order valence-corrected chi connectivity index (χ2v) is 4.39. The normalized spacial score (nSPS) is 10.8. The Kier molecular flexibility index (Phi) is 2.64. The maximum Gasteiger partial charge on any atom is 0.292 e. The average molecular weight is 270 g/mol. The zero-order valence-electron chi connectivity index (χ0n) is 10.5. The molecule has 6 heteroatoms. The number of furan rings is 1. The van der Waals surface area contributed by atoms with E-state index in [-0.39, 0.29) is 11.6 Å². The Balaban J connectivity index is 2.26. The van der Waals surface area contributed by atoms with Crippen molar-refractivity contribution in [2.75, 3.05) is 0 Å². The topological polar surface area (TPSA) is 89.4 Å². The van der Waals surface area contributed by atoms with Crippen molar-refractivity contribution in [2.45, 2.75) is 6.92 Å². The number of nitro groups is 1. The van der Waals surface area contributed by atoms with Crippen molar-refractivity contribution in [1.82, 2.24) is 4.98 Å². The van der Waals surface area contributed by atoms with Crippen LogP contribution in [0.4, 0.5) is 5.69 Å². The van der Waals surface area contributed by atoms with Crippen LogP contribution in [0.5, 0.6) is 5.95 Å². The Morgan fingerprint density at radius 3 is 2.90 bits per heavy atom. The molecule has 0 radical (unpaired) electrons. The number of benzene rings is 1.